The summed E-state index contributed by atoms with van der Waals surface area (Å²) < 4.78 is 2.05. The zero-order chi connectivity index (χ0) is 14.1. The lowest BCUT2D eigenvalue weighted by molar-refractivity contribution is 0.580. The van der Waals surface area contributed by atoms with Crippen LogP contribution in [0.5, 0.6) is 0 Å². The third kappa shape index (κ3) is 2.23. The van der Waals surface area contributed by atoms with Crippen LogP contribution in [0, 0.1) is 0 Å². The molecule has 0 spiro atoms. The van der Waals surface area contributed by atoms with Gasteiger partial charge in [0.1, 0.15) is 5.65 Å². The Morgan fingerprint density at radius 3 is 2.81 bits per heavy atom. The molecule has 3 aromatic heterocycles. The van der Waals surface area contributed by atoms with E-state index < -0.39 is 0 Å². The maximum atomic E-state index is 4.73. The molecule has 0 bridgehead atoms. The standard InChI is InChI=1S/C15H16N6/c1-5-17-14-3-2-13(21(14)9-1)12-4-6-18-15(19-12)20-10-7-16-8-11-20/h1-6,9,16H,7-8,10-11H2. The predicted octanol–water partition coefficient (Wildman–Crippen LogP) is 1.20. The zero-order valence-electron chi connectivity index (χ0n) is 11.6. The van der Waals surface area contributed by atoms with Crippen LogP contribution in [0.4, 0.5) is 5.95 Å². The van der Waals surface area contributed by atoms with E-state index in [2.05, 4.69) is 20.2 Å². The fourth-order valence-electron chi connectivity index (χ4n) is 2.66. The van der Waals surface area contributed by atoms with Gasteiger partial charge in [-0.2, -0.15) is 0 Å². The van der Waals surface area contributed by atoms with E-state index in [-0.39, 0.29) is 0 Å². The summed E-state index contributed by atoms with van der Waals surface area (Å²) in [5, 5.41) is 3.34. The minimum absolute atomic E-state index is 0.799. The molecule has 21 heavy (non-hydrogen) atoms. The molecule has 0 unspecified atom stereocenters. The van der Waals surface area contributed by atoms with Crippen LogP contribution >= 0.6 is 0 Å². The third-order valence-electron chi connectivity index (χ3n) is 3.73. The molecule has 0 amide bonds. The van der Waals surface area contributed by atoms with Crippen LogP contribution in [0.25, 0.3) is 17.0 Å². The molecule has 3 aromatic rings. The van der Waals surface area contributed by atoms with Crippen molar-refractivity contribution in [2.45, 2.75) is 0 Å². The summed E-state index contributed by atoms with van der Waals surface area (Å²) in [5.74, 6) is 0.799. The normalized spacial score (nSPS) is 15.5. The van der Waals surface area contributed by atoms with E-state index in [1.807, 2.05) is 41.1 Å². The first kappa shape index (κ1) is 12.3. The Hall–Kier alpha value is -2.47. The Balaban J connectivity index is 1.75. The van der Waals surface area contributed by atoms with Crippen molar-refractivity contribution >= 4 is 11.6 Å². The van der Waals surface area contributed by atoms with E-state index >= 15 is 0 Å². The Kier molecular flexibility index (Phi) is 3.01. The predicted molar refractivity (Wildman–Crippen MR) is 81.3 cm³/mol. The molecule has 106 valence electrons. The fourth-order valence-corrected chi connectivity index (χ4v) is 2.66. The van der Waals surface area contributed by atoms with Crippen LogP contribution in [0.2, 0.25) is 0 Å². The topological polar surface area (TPSA) is 58.4 Å². The first-order valence-corrected chi connectivity index (χ1v) is 7.13. The molecule has 6 nitrogen and oxygen atoms in total. The lowest BCUT2D eigenvalue weighted by atomic mass is 10.3. The highest BCUT2D eigenvalue weighted by molar-refractivity contribution is 5.62. The van der Waals surface area contributed by atoms with Crippen LogP contribution in [-0.2, 0) is 0 Å². The van der Waals surface area contributed by atoms with Gasteiger partial charge in [-0.05, 0) is 24.3 Å². The Morgan fingerprint density at radius 2 is 1.90 bits per heavy atom. The summed E-state index contributed by atoms with van der Waals surface area (Å²) in [6.45, 7) is 3.84. The second-order valence-corrected chi connectivity index (χ2v) is 5.05. The number of nitrogens with zero attached hydrogens (tertiary/aromatic N) is 5. The largest absolute Gasteiger partial charge is 0.338 e. The van der Waals surface area contributed by atoms with E-state index in [0.717, 1.165) is 49.2 Å². The van der Waals surface area contributed by atoms with Crippen LogP contribution in [0.1, 0.15) is 0 Å². The average molecular weight is 280 g/mol. The van der Waals surface area contributed by atoms with Gasteiger partial charge in [-0.25, -0.2) is 15.0 Å². The number of fused-ring (bicyclic) bond motifs is 1. The van der Waals surface area contributed by atoms with Crippen molar-refractivity contribution in [1.29, 1.82) is 0 Å². The molecular weight excluding hydrogens is 264 g/mol. The van der Waals surface area contributed by atoms with Crippen LogP contribution in [0.3, 0.4) is 0 Å². The first-order chi connectivity index (χ1) is 10.4. The van der Waals surface area contributed by atoms with Crippen molar-refractivity contribution in [3.63, 3.8) is 0 Å². The molecule has 0 atom stereocenters. The smallest absolute Gasteiger partial charge is 0.225 e. The molecule has 0 aromatic carbocycles. The second-order valence-electron chi connectivity index (χ2n) is 5.05. The lowest BCUT2D eigenvalue weighted by Gasteiger charge is -2.27. The van der Waals surface area contributed by atoms with Crippen molar-refractivity contribution in [3.8, 4) is 11.4 Å². The Labute approximate surface area is 122 Å². The minimum Gasteiger partial charge on any atom is -0.338 e. The Morgan fingerprint density at radius 1 is 1.00 bits per heavy atom. The van der Waals surface area contributed by atoms with Gasteiger partial charge in [-0.1, -0.05) is 0 Å². The molecule has 0 aliphatic carbocycles. The molecule has 0 saturated carbocycles. The number of nitrogens with one attached hydrogen (secondary N) is 1. The third-order valence-corrected chi connectivity index (χ3v) is 3.73. The number of piperazine rings is 1. The molecule has 6 heteroatoms. The summed E-state index contributed by atoms with van der Waals surface area (Å²) in [4.78, 5) is 15.7. The number of aromatic nitrogens is 4. The van der Waals surface area contributed by atoms with E-state index in [0.29, 0.717) is 0 Å². The number of rotatable bonds is 2. The highest BCUT2D eigenvalue weighted by atomic mass is 15.3. The van der Waals surface area contributed by atoms with Crippen LogP contribution in [0.15, 0.2) is 42.9 Å². The van der Waals surface area contributed by atoms with Gasteiger partial charge >= 0.3 is 0 Å². The zero-order valence-corrected chi connectivity index (χ0v) is 11.6. The summed E-state index contributed by atoms with van der Waals surface area (Å²) >= 11 is 0. The van der Waals surface area contributed by atoms with Crippen LogP contribution < -0.4 is 10.2 Å². The molecular formula is C15H16N6. The maximum absolute atomic E-state index is 4.73. The molecule has 1 fully saturated rings. The van der Waals surface area contributed by atoms with Gasteiger partial charge in [0.15, 0.2) is 0 Å². The molecule has 1 N–H and O–H groups in total. The molecule has 0 radical (unpaired) electrons. The van der Waals surface area contributed by atoms with Gasteiger partial charge < -0.3 is 10.2 Å². The van der Waals surface area contributed by atoms with Crippen molar-refractivity contribution in [2.24, 2.45) is 0 Å². The van der Waals surface area contributed by atoms with Crippen molar-refractivity contribution < 1.29 is 0 Å². The number of hydrogen-bond donors (Lipinski definition) is 1. The lowest BCUT2D eigenvalue weighted by Crippen LogP contribution is -2.44. The van der Waals surface area contributed by atoms with Crippen molar-refractivity contribution in [1.82, 2.24) is 24.7 Å². The van der Waals surface area contributed by atoms with E-state index in [9.17, 15) is 0 Å². The van der Waals surface area contributed by atoms with E-state index in [4.69, 9.17) is 4.98 Å². The van der Waals surface area contributed by atoms with Gasteiger partial charge in [0.2, 0.25) is 5.95 Å². The fraction of sp³-hybridized carbons (Fsp3) is 0.267. The van der Waals surface area contributed by atoms with Gasteiger partial charge in [0.25, 0.3) is 0 Å². The molecule has 4 heterocycles. The molecule has 4 rings (SSSR count). The summed E-state index contributed by atoms with van der Waals surface area (Å²) in [6.07, 6.45) is 5.63. The average Bonchev–Trinajstić information content (AvgIpc) is 3.00. The van der Waals surface area contributed by atoms with Crippen molar-refractivity contribution in [3.05, 3.63) is 42.9 Å². The van der Waals surface area contributed by atoms with E-state index in [1.165, 1.54) is 0 Å². The number of hydrogen-bond acceptors (Lipinski definition) is 5. The van der Waals surface area contributed by atoms with Gasteiger partial charge in [0.05, 0.1) is 11.4 Å². The molecule has 1 saturated heterocycles. The first-order valence-electron chi connectivity index (χ1n) is 7.13. The molecule has 1 aliphatic heterocycles. The van der Waals surface area contributed by atoms with Gasteiger partial charge in [-0.15, -0.1) is 0 Å². The van der Waals surface area contributed by atoms with E-state index in [1.54, 1.807) is 6.20 Å². The van der Waals surface area contributed by atoms with Gasteiger partial charge in [-0.3, -0.25) is 4.40 Å². The highest BCUT2D eigenvalue weighted by Gasteiger charge is 2.14. The highest BCUT2D eigenvalue weighted by Crippen LogP contribution is 2.21. The second kappa shape index (κ2) is 5.14. The van der Waals surface area contributed by atoms with Crippen LogP contribution in [-0.4, -0.2) is 45.5 Å². The Bertz CT molecular complexity index is 759. The maximum Gasteiger partial charge on any atom is 0.225 e. The molecule has 1 aliphatic rings. The summed E-state index contributed by atoms with van der Waals surface area (Å²) in [7, 11) is 0. The minimum atomic E-state index is 0.799. The summed E-state index contributed by atoms with van der Waals surface area (Å²) in [5.41, 5.74) is 2.89. The summed E-state index contributed by atoms with van der Waals surface area (Å²) in [6, 6.07) is 7.92. The van der Waals surface area contributed by atoms with Crippen molar-refractivity contribution in [2.75, 3.05) is 31.1 Å². The quantitative estimate of drug-likeness (QED) is 0.764. The SMILES string of the molecule is c1cnc2ccc(-c3ccnc(N4CCNCC4)n3)n2c1. The monoisotopic (exact) mass is 280 g/mol. The van der Waals surface area contributed by atoms with Gasteiger partial charge in [0, 0.05) is 44.8 Å². The number of anilines is 1.